The molecule has 0 saturated carbocycles. The third-order valence-corrected chi connectivity index (χ3v) is 5.93. The summed E-state index contributed by atoms with van der Waals surface area (Å²) < 4.78 is 1.48. The lowest BCUT2D eigenvalue weighted by molar-refractivity contribution is -0.115. The Bertz CT molecular complexity index is 1750. The first-order chi connectivity index (χ1) is 17.0. The van der Waals surface area contributed by atoms with Crippen LogP contribution in [0.25, 0.3) is 22.9 Å². The average molecular weight is 460 g/mol. The largest absolute Gasteiger partial charge is 0.361 e. The summed E-state index contributed by atoms with van der Waals surface area (Å²) in [6.07, 6.45) is 1.60. The summed E-state index contributed by atoms with van der Waals surface area (Å²) >= 11 is 0. The molecule has 0 aliphatic heterocycles. The summed E-state index contributed by atoms with van der Waals surface area (Å²) in [6.45, 7) is 3.26. The van der Waals surface area contributed by atoms with Crippen LogP contribution in [-0.2, 0) is 4.79 Å². The number of hydrogen-bond donors (Lipinski definition) is 1. The molecule has 1 N–H and O–H groups in total. The van der Waals surface area contributed by atoms with Gasteiger partial charge in [-0.25, -0.2) is 4.98 Å². The molecule has 0 radical (unpaired) electrons. The van der Waals surface area contributed by atoms with Crippen LogP contribution in [0.4, 0.5) is 17.1 Å². The summed E-state index contributed by atoms with van der Waals surface area (Å²) in [6, 6.07) is 26.3. The minimum atomic E-state index is -0.261. The number of carbonyl (C=O) groups excluding carboxylic acids is 1. The number of anilines is 3. The van der Waals surface area contributed by atoms with E-state index >= 15 is 0 Å². The van der Waals surface area contributed by atoms with Crippen LogP contribution in [-0.4, -0.2) is 15.3 Å². The van der Waals surface area contributed by atoms with E-state index in [0.717, 1.165) is 5.69 Å². The number of fused-ring (bicyclic) bond motifs is 3. The Morgan fingerprint density at radius 1 is 1.03 bits per heavy atom. The number of imidazole rings is 1. The topological polar surface area (TPSA) is 90.5 Å². The van der Waals surface area contributed by atoms with Gasteiger partial charge in [0.15, 0.2) is 5.65 Å². The van der Waals surface area contributed by atoms with Crippen LogP contribution in [0, 0.1) is 18.3 Å². The van der Waals surface area contributed by atoms with E-state index in [-0.39, 0.29) is 11.5 Å². The first-order valence-electron chi connectivity index (χ1n) is 11.1. The maximum absolute atomic E-state index is 13.5. The lowest BCUT2D eigenvalue weighted by atomic mass is 10.1. The lowest BCUT2D eigenvalue weighted by Gasteiger charge is -2.22. The van der Waals surface area contributed by atoms with Crippen molar-refractivity contribution < 1.29 is 4.79 Å². The molecule has 3 aromatic carbocycles. The van der Waals surface area contributed by atoms with Crippen molar-refractivity contribution in [3.8, 4) is 6.07 Å². The second-order valence-electron chi connectivity index (χ2n) is 8.12. The molecule has 0 aliphatic carbocycles. The molecule has 0 aliphatic rings. The van der Waals surface area contributed by atoms with E-state index in [4.69, 9.17) is 0 Å². The molecule has 2 aromatic heterocycles. The molecule has 1 amide bonds. The van der Waals surface area contributed by atoms with Gasteiger partial charge in [-0.05, 0) is 55.0 Å². The van der Waals surface area contributed by atoms with E-state index in [1.807, 2.05) is 78.9 Å². The van der Waals surface area contributed by atoms with Crippen molar-refractivity contribution in [3.05, 3.63) is 106 Å². The number of nitrogens with one attached hydrogen (secondary N) is 1. The molecule has 7 nitrogen and oxygen atoms in total. The van der Waals surface area contributed by atoms with E-state index in [2.05, 4.69) is 16.4 Å². The number of amides is 1. The molecule has 0 spiro atoms. The number of nitrogens with zero attached hydrogens (tertiary/aromatic N) is 4. The Kier molecular flexibility index (Phi) is 5.47. The van der Waals surface area contributed by atoms with Crippen LogP contribution in [0.3, 0.4) is 0 Å². The van der Waals surface area contributed by atoms with Crippen LogP contribution < -0.4 is 21.0 Å². The standard InChI is InChI=1S/C28H21N5O2/c1-18-23(16-29)27-31-25-13-6-7-14-26(25)33(27)28(35)24(18)17-30-20-9-8-12-22(15-20)32(19(2)34)21-10-4-3-5-11-21/h3-15,17,30H,1-2H3. The average Bonchev–Trinajstić information content (AvgIpc) is 3.24. The fourth-order valence-electron chi connectivity index (χ4n) is 4.27. The highest BCUT2D eigenvalue weighted by molar-refractivity contribution is 5.99. The zero-order valence-electron chi connectivity index (χ0n) is 19.2. The van der Waals surface area contributed by atoms with E-state index < -0.39 is 0 Å². The number of aromatic nitrogens is 2. The van der Waals surface area contributed by atoms with Gasteiger partial charge in [-0.3, -0.25) is 18.9 Å². The third-order valence-electron chi connectivity index (χ3n) is 5.93. The van der Waals surface area contributed by atoms with Crippen LogP contribution in [0.15, 0.2) is 83.7 Å². The Morgan fingerprint density at radius 2 is 1.74 bits per heavy atom. The lowest BCUT2D eigenvalue weighted by Crippen LogP contribution is -2.34. The van der Waals surface area contributed by atoms with E-state index in [9.17, 15) is 14.9 Å². The number of pyridine rings is 1. The summed E-state index contributed by atoms with van der Waals surface area (Å²) in [4.78, 5) is 32.0. The Morgan fingerprint density at radius 3 is 2.49 bits per heavy atom. The highest BCUT2D eigenvalue weighted by atomic mass is 16.2. The molecule has 7 heteroatoms. The molecule has 35 heavy (non-hydrogen) atoms. The van der Waals surface area contributed by atoms with E-state index in [0.29, 0.717) is 44.4 Å². The Balaban J connectivity index is 1.62. The minimum absolute atomic E-state index is 0.119. The smallest absolute Gasteiger partial charge is 0.265 e. The van der Waals surface area contributed by atoms with Crippen LogP contribution in [0.5, 0.6) is 0 Å². The van der Waals surface area contributed by atoms with E-state index in [1.54, 1.807) is 18.0 Å². The molecule has 5 rings (SSSR count). The zero-order chi connectivity index (χ0) is 24.5. The monoisotopic (exact) mass is 459 g/mol. The summed E-state index contributed by atoms with van der Waals surface area (Å²) in [5.74, 6) is -0.119. The highest BCUT2D eigenvalue weighted by Gasteiger charge is 2.16. The predicted octanol–water partition coefficient (Wildman–Crippen LogP) is 4.28. The molecular weight excluding hydrogens is 438 g/mol. The van der Waals surface area contributed by atoms with Crippen molar-refractivity contribution in [2.24, 2.45) is 0 Å². The molecule has 0 saturated heterocycles. The van der Waals surface area contributed by atoms with Crippen LogP contribution in [0.2, 0.25) is 0 Å². The quantitative estimate of drug-likeness (QED) is 0.433. The number of nitriles is 1. The normalized spacial score (nSPS) is 11.5. The predicted molar refractivity (Wildman–Crippen MR) is 137 cm³/mol. The Hall–Kier alpha value is -4.96. The van der Waals surface area contributed by atoms with Gasteiger partial charge in [-0.1, -0.05) is 36.4 Å². The highest BCUT2D eigenvalue weighted by Crippen LogP contribution is 2.27. The molecule has 170 valence electrons. The minimum Gasteiger partial charge on any atom is -0.361 e. The van der Waals surface area contributed by atoms with Gasteiger partial charge < -0.3 is 5.32 Å². The fourth-order valence-corrected chi connectivity index (χ4v) is 4.27. The fraction of sp³-hybridized carbons (Fsp3) is 0.0714. The van der Waals surface area contributed by atoms with Gasteiger partial charge in [0.2, 0.25) is 5.91 Å². The van der Waals surface area contributed by atoms with Gasteiger partial charge in [-0.15, -0.1) is 0 Å². The first-order valence-corrected chi connectivity index (χ1v) is 11.1. The number of rotatable bonds is 4. The second kappa shape index (κ2) is 8.76. The summed E-state index contributed by atoms with van der Waals surface area (Å²) in [5.41, 5.74) is 4.46. The number of benzene rings is 3. The molecule has 0 fully saturated rings. The second-order valence-corrected chi connectivity index (χ2v) is 8.12. The van der Waals surface area contributed by atoms with E-state index in [1.165, 1.54) is 11.3 Å². The van der Waals surface area contributed by atoms with Gasteiger partial charge in [0, 0.05) is 24.5 Å². The number of para-hydroxylation sites is 3. The van der Waals surface area contributed by atoms with Gasteiger partial charge in [0.25, 0.3) is 5.56 Å². The third kappa shape index (κ3) is 3.77. The number of carbonyl (C=O) groups is 1. The van der Waals surface area contributed by atoms with Gasteiger partial charge in [0.05, 0.1) is 27.5 Å². The van der Waals surface area contributed by atoms with Crippen molar-refractivity contribution in [2.75, 3.05) is 10.2 Å². The van der Waals surface area contributed by atoms with Crippen molar-refractivity contribution in [1.82, 2.24) is 9.38 Å². The Labute approximate surface area is 201 Å². The van der Waals surface area contributed by atoms with Crippen LogP contribution in [0.1, 0.15) is 18.1 Å². The summed E-state index contributed by atoms with van der Waals surface area (Å²) in [5, 5.41) is 13.4. The molecule has 5 aromatic rings. The molecular formula is C28H21N5O2. The van der Waals surface area contributed by atoms with Crippen molar-refractivity contribution in [2.45, 2.75) is 13.8 Å². The zero-order valence-corrected chi connectivity index (χ0v) is 19.2. The molecule has 0 unspecified atom stereocenters. The first kappa shape index (κ1) is 21.9. The van der Waals surface area contributed by atoms with Gasteiger partial charge in [-0.2, -0.15) is 5.26 Å². The molecule has 0 atom stereocenters. The van der Waals surface area contributed by atoms with Crippen molar-refractivity contribution >= 4 is 45.8 Å². The van der Waals surface area contributed by atoms with Crippen molar-refractivity contribution in [3.63, 3.8) is 0 Å². The van der Waals surface area contributed by atoms with Gasteiger partial charge in [0.1, 0.15) is 6.07 Å². The molecule has 2 heterocycles. The SMILES string of the molecule is CC(=O)N(c1ccccc1)c1cccc(NC=c2c(C)c(C#N)c3nc4ccccc4n3c2=O)c1. The number of hydrogen-bond acceptors (Lipinski definition) is 5. The summed E-state index contributed by atoms with van der Waals surface area (Å²) in [7, 11) is 0. The maximum atomic E-state index is 13.5. The molecule has 0 bridgehead atoms. The van der Waals surface area contributed by atoms with Crippen LogP contribution >= 0.6 is 0 Å². The van der Waals surface area contributed by atoms with Crippen molar-refractivity contribution in [1.29, 1.82) is 5.26 Å². The van der Waals surface area contributed by atoms with Gasteiger partial charge >= 0.3 is 0 Å². The maximum Gasteiger partial charge on any atom is 0.265 e.